The van der Waals surface area contributed by atoms with Crippen molar-refractivity contribution in [3.63, 3.8) is 0 Å². The third-order valence-electron chi connectivity index (χ3n) is 3.09. The molecule has 0 saturated heterocycles. The van der Waals surface area contributed by atoms with Gasteiger partial charge in [0.1, 0.15) is 11.5 Å². The van der Waals surface area contributed by atoms with E-state index < -0.39 is 6.09 Å². The van der Waals surface area contributed by atoms with Gasteiger partial charge in [-0.3, -0.25) is 5.32 Å². The zero-order valence-corrected chi connectivity index (χ0v) is 13.4. The summed E-state index contributed by atoms with van der Waals surface area (Å²) >= 11 is 0. The molecule has 0 fully saturated rings. The standard InChI is InChI=1S/C17H20N2O4/c1-4-23-17(20)19-13-7-5-12(6-8-13)18-15-11-14(21-2)9-10-16(15)22-3/h5-11,18H,4H2,1-3H3,(H,19,20). The van der Waals surface area contributed by atoms with E-state index in [0.29, 0.717) is 18.0 Å². The minimum Gasteiger partial charge on any atom is -0.497 e. The quantitative estimate of drug-likeness (QED) is 0.842. The maximum Gasteiger partial charge on any atom is 0.411 e. The van der Waals surface area contributed by atoms with E-state index in [2.05, 4.69) is 10.6 Å². The largest absolute Gasteiger partial charge is 0.497 e. The summed E-state index contributed by atoms with van der Waals surface area (Å²) < 4.78 is 15.4. The van der Waals surface area contributed by atoms with Crippen LogP contribution in [0, 0.1) is 0 Å². The smallest absolute Gasteiger partial charge is 0.411 e. The normalized spacial score (nSPS) is 9.87. The first-order valence-corrected chi connectivity index (χ1v) is 7.19. The Labute approximate surface area is 135 Å². The van der Waals surface area contributed by atoms with Gasteiger partial charge >= 0.3 is 6.09 Å². The molecule has 0 aliphatic carbocycles. The van der Waals surface area contributed by atoms with Crippen molar-refractivity contribution in [2.75, 3.05) is 31.5 Å². The highest BCUT2D eigenvalue weighted by Crippen LogP contribution is 2.31. The molecular weight excluding hydrogens is 296 g/mol. The van der Waals surface area contributed by atoms with Gasteiger partial charge in [0.2, 0.25) is 0 Å². The minimum absolute atomic E-state index is 0.334. The molecule has 0 aromatic heterocycles. The Hall–Kier alpha value is -2.89. The second kappa shape index (κ2) is 7.93. The number of carbonyl (C=O) groups is 1. The molecule has 2 aromatic rings. The van der Waals surface area contributed by atoms with Crippen LogP contribution in [-0.2, 0) is 4.74 Å². The van der Waals surface area contributed by atoms with Crippen molar-refractivity contribution < 1.29 is 19.0 Å². The summed E-state index contributed by atoms with van der Waals surface area (Å²) in [7, 11) is 3.22. The molecule has 0 aliphatic heterocycles. The van der Waals surface area contributed by atoms with Crippen molar-refractivity contribution in [1.29, 1.82) is 0 Å². The van der Waals surface area contributed by atoms with Crippen molar-refractivity contribution in [3.05, 3.63) is 42.5 Å². The van der Waals surface area contributed by atoms with Gasteiger partial charge in [0.05, 0.1) is 26.5 Å². The molecule has 0 aliphatic rings. The number of anilines is 3. The fourth-order valence-electron chi connectivity index (χ4n) is 1.99. The van der Waals surface area contributed by atoms with Crippen LogP contribution in [0.5, 0.6) is 11.5 Å². The molecule has 0 heterocycles. The summed E-state index contributed by atoms with van der Waals surface area (Å²) in [5.41, 5.74) is 2.30. The number of hydrogen-bond acceptors (Lipinski definition) is 5. The maximum absolute atomic E-state index is 11.4. The van der Waals surface area contributed by atoms with E-state index in [1.807, 2.05) is 30.3 Å². The van der Waals surface area contributed by atoms with Gasteiger partial charge < -0.3 is 19.5 Å². The molecule has 0 bridgehead atoms. The number of rotatable bonds is 6. The number of amides is 1. The molecule has 6 nitrogen and oxygen atoms in total. The highest BCUT2D eigenvalue weighted by molar-refractivity contribution is 5.85. The second-order valence-corrected chi connectivity index (χ2v) is 4.61. The molecule has 0 saturated carbocycles. The summed E-state index contributed by atoms with van der Waals surface area (Å²) in [5.74, 6) is 1.44. The first kappa shape index (κ1) is 16.5. The molecular formula is C17H20N2O4. The maximum atomic E-state index is 11.4. The Kier molecular flexibility index (Phi) is 5.68. The van der Waals surface area contributed by atoms with E-state index >= 15 is 0 Å². The van der Waals surface area contributed by atoms with Crippen LogP contribution in [0.25, 0.3) is 0 Å². The highest BCUT2D eigenvalue weighted by atomic mass is 16.5. The lowest BCUT2D eigenvalue weighted by atomic mass is 10.2. The van der Waals surface area contributed by atoms with E-state index in [0.717, 1.165) is 17.1 Å². The molecule has 0 unspecified atom stereocenters. The lowest BCUT2D eigenvalue weighted by Crippen LogP contribution is -2.13. The SMILES string of the molecule is CCOC(=O)Nc1ccc(Nc2cc(OC)ccc2OC)cc1. The zero-order valence-electron chi connectivity index (χ0n) is 13.4. The molecule has 0 spiro atoms. The Morgan fingerprint density at radius 2 is 1.70 bits per heavy atom. The predicted molar refractivity (Wildman–Crippen MR) is 89.9 cm³/mol. The van der Waals surface area contributed by atoms with Crippen molar-refractivity contribution in [2.45, 2.75) is 6.92 Å². The molecule has 0 atom stereocenters. The van der Waals surface area contributed by atoms with E-state index in [4.69, 9.17) is 14.2 Å². The van der Waals surface area contributed by atoms with Crippen LogP contribution in [0.1, 0.15) is 6.92 Å². The van der Waals surface area contributed by atoms with Crippen molar-refractivity contribution in [3.8, 4) is 11.5 Å². The van der Waals surface area contributed by atoms with E-state index in [1.54, 1.807) is 33.3 Å². The number of hydrogen-bond donors (Lipinski definition) is 2. The summed E-state index contributed by atoms with van der Waals surface area (Å²) in [6, 6.07) is 12.8. The average Bonchev–Trinajstić information content (AvgIpc) is 2.56. The van der Waals surface area contributed by atoms with E-state index in [-0.39, 0.29) is 0 Å². The lowest BCUT2D eigenvalue weighted by Gasteiger charge is -2.13. The molecule has 2 rings (SSSR count). The van der Waals surface area contributed by atoms with Crippen molar-refractivity contribution in [1.82, 2.24) is 0 Å². The van der Waals surface area contributed by atoms with Crippen LogP contribution in [0.15, 0.2) is 42.5 Å². The summed E-state index contributed by atoms with van der Waals surface area (Å²) in [4.78, 5) is 11.4. The first-order chi connectivity index (χ1) is 11.2. The van der Waals surface area contributed by atoms with Crippen LogP contribution in [0.4, 0.5) is 21.9 Å². The third-order valence-corrected chi connectivity index (χ3v) is 3.09. The van der Waals surface area contributed by atoms with Gasteiger partial charge in [-0.2, -0.15) is 0 Å². The Bertz CT molecular complexity index is 656. The number of ether oxygens (including phenoxy) is 3. The average molecular weight is 316 g/mol. The lowest BCUT2D eigenvalue weighted by molar-refractivity contribution is 0.168. The zero-order chi connectivity index (χ0) is 16.7. The van der Waals surface area contributed by atoms with Gasteiger partial charge in [-0.05, 0) is 43.3 Å². The Morgan fingerprint density at radius 3 is 2.30 bits per heavy atom. The molecule has 6 heteroatoms. The van der Waals surface area contributed by atoms with Gasteiger partial charge in [-0.15, -0.1) is 0 Å². The van der Waals surface area contributed by atoms with Crippen LogP contribution in [-0.4, -0.2) is 26.9 Å². The highest BCUT2D eigenvalue weighted by Gasteiger charge is 2.06. The second-order valence-electron chi connectivity index (χ2n) is 4.61. The van der Waals surface area contributed by atoms with E-state index in [1.165, 1.54) is 0 Å². The number of methoxy groups -OCH3 is 2. The molecule has 23 heavy (non-hydrogen) atoms. The van der Waals surface area contributed by atoms with Gasteiger partial charge in [0.15, 0.2) is 0 Å². The van der Waals surface area contributed by atoms with Crippen LogP contribution in [0.3, 0.4) is 0 Å². The number of benzene rings is 2. The summed E-state index contributed by atoms with van der Waals surface area (Å²) in [5, 5.41) is 5.90. The minimum atomic E-state index is -0.470. The van der Waals surface area contributed by atoms with Crippen LogP contribution < -0.4 is 20.1 Å². The van der Waals surface area contributed by atoms with Crippen LogP contribution in [0.2, 0.25) is 0 Å². The van der Waals surface area contributed by atoms with Crippen molar-refractivity contribution >= 4 is 23.2 Å². The van der Waals surface area contributed by atoms with Gasteiger partial charge in [0.25, 0.3) is 0 Å². The van der Waals surface area contributed by atoms with Gasteiger partial charge in [-0.1, -0.05) is 0 Å². The summed E-state index contributed by atoms with van der Waals surface area (Å²) in [6.07, 6.45) is -0.470. The molecule has 1 amide bonds. The monoisotopic (exact) mass is 316 g/mol. The van der Waals surface area contributed by atoms with Crippen molar-refractivity contribution in [2.24, 2.45) is 0 Å². The third kappa shape index (κ3) is 4.54. The fourth-order valence-corrected chi connectivity index (χ4v) is 1.99. The van der Waals surface area contributed by atoms with Gasteiger partial charge in [0, 0.05) is 17.4 Å². The molecule has 122 valence electrons. The Balaban J connectivity index is 2.10. The van der Waals surface area contributed by atoms with Gasteiger partial charge in [-0.25, -0.2) is 4.79 Å². The number of nitrogens with one attached hydrogen (secondary N) is 2. The summed E-state index contributed by atoms with van der Waals surface area (Å²) in [6.45, 7) is 2.09. The molecule has 2 aromatic carbocycles. The Morgan fingerprint density at radius 1 is 1.00 bits per heavy atom. The van der Waals surface area contributed by atoms with E-state index in [9.17, 15) is 4.79 Å². The van der Waals surface area contributed by atoms with Crippen LogP contribution >= 0.6 is 0 Å². The number of carbonyl (C=O) groups excluding carboxylic acids is 1. The molecule has 0 radical (unpaired) electrons. The first-order valence-electron chi connectivity index (χ1n) is 7.19. The predicted octanol–water partition coefficient (Wildman–Crippen LogP) is 4.02. The fraction of sp³-hybridized carbons (Fsp3) is 0.235. The molecule has 2 N–H and O–H groups in total. The topological polar surface area (TPSA) is 68.8 Å².